The molecule has 0 aliphatic carbocycles. The highest BCUT2D eigenvalue weighted by atomic mass is 16.4. The fourth-order valence-corrected chi connectivity index (χ4v) is 0.928. The van der Waals surface area contributed by atoms with Crippen LogP contribution in [0.4, 0.5) is 0 Å². The van der Waals surface area contributed by atoms with Crippen molar-refractivity contribution in [2.75, 3.05) is 0 Å². The van der Waals surface area contributed by atoms with Crippen LogP contribution >= 0.6 is 0 Å². The average molecular weight is 211 g/mol. The zero-order valence-electron chi connectivity index (χ0n) is 7.51. The van der Waals surface area contributed by atoms with Crippen molar-refractivity contribution < 1.29 is 25.2 Å². The molecule has 0 aromatic heterocycles. The molecule has 6 heteroatoms. The zero-order chi connectivity index (χ0) is 11.6. The number of carboxylic acids is 1. The minimum Gasteiger partial charge on any atom is -0.505 e. The maximum Gasteiger partial charge on any atom is 0.355 e. The van der Waals surface area contributed by atoms with E-state index in [2.05, 4.69) is 0 Å². The summed E-state index contributed by atoms with van der Waals surface area (Å²) in [6.45, 7) is 0. The van der Waals surface area contributed by atoms with Crippen LogP contribution in [0.25, 0.3) is 5.76 Å². The van der Waals surface area contributed by atoms with Crippen LogP contribution in [0.3, 0.4) is 0 Å². The number of carboxylic acid groups (broad SMARTS) is 1. The normalized spacial score (nSPS) is 12.0. The van der Waals surface area contributed by atoms with Crippen molar-refractivity contribution in [3.63, 3.8) is 0 Å². The van der Waals surface area contributed by atoms with Gasteiger partial charge in [-0.25, -0.2) is 4.79 Å². The topological polar surface area (TPSA) is 124 Å². The number of aliphatic hydroxyl groups excluding tert-OH is 1. The molecule has 0 amide bonds. The minimum absolute atomic E-state index is 0.00481. The van der Waals surface area contributed by atoms with Crippen molar-refractivity contribution in [3.05, 3.63) is 29.5 Å². The summed E-state index contributed by atoms with van der Waals surface area (Å²) < 4.78 is 0. The van der Waals surface area contributed by atoms with Crippen LogP contribution in [-0.4, -0.2) is 26.4 Å². The van der Waals surface area contributed by atoms with Gasteiger partial charge in [-0.05, 0) is 18.2 Å². The number of aliphatic carboxylic acids is 1. The maximum atomic E-state index is 10.4. The fourth-order valence-electron chi connectivity index (χ4n) is 0.928. The van der Waals surface area contributed by atoms with Gasteiger partial charge in [0.15, 0.2) is 23.0 Å². The average Bonchev–Trinajstić information content (AvgIpc) is 2.19. The molecule has 0 saturated carbocycles. The Hall–Kier alpha value is -2.37. The van der Waals surface area contributed by atoms with Crippen molar-refractivity contribution in [2.45, 2.75) is 0 Å². The number of hydrogen-bond acceptors (Lipinski definition) is 5. The molecule has 0 fully saturated rings. The van der Waals surface area contributed by atoms with E-state index in [0.717, 1.165) is 12.1 Å². The highest BCUT2D eigenvalue weighted by molar-refractivity contribution is 5.93. The molecule has 0 saturated heterocycles. The first kappa shape index (κ1) is 10.7. The Morgan fingerprint density at radius 1 is 1.13 bits per heavy atom. The highest BCUT2D eigenvalue weighted by Crippen LogP contribution is 2.27. The highest BCUT2D eigenvalue weighted by Gasteiger charge is 2.12. The van der Waals surface area contributed by atoms with Gasteiger partial charge in [-0.2, -0.15) is 0 Å². The molecule has 0 unspecified atom stereocenters. The van der Waals surface area contributed by atoms with Gasteiger partial charge in [-0.15, -0.1) is 0 Å². The Bertz CT molecular complexity index is 438. The fraction of sp³-hybridized carbons (Fsp3) is 0. The molecule has 0 spiro atoms. The zero-order valence-corrected chi connectivity index (χ0v) is 7.51. The lowest BCUT2D eigenvalue weighted by Gasteiger charge is -2.04. The molecule has 0 radical (unpaired) electrons. The standard InChI is InChI=1S/C9H9NO5/c10-7(9(14)15)8(13)4-1-2-5(11)6(12)3-4/h1-3,11-13H,10H2,(H,14,15)/b8-7-. The number of benzene rings is 1. The first-order valence-electron chi connectivity index (χ1n) is 3.88. The number of phenolic OH excluding ortho intramolecular Hbond substituents is 2. The number of rotatable bonds is 2. The summed E-state index contributed by atoms with van der Waals surface area (Å²) in [6, 6.07) is 3.33. The third-order valence-electron chi connectivity index (χ3n) is 1.73. The summed E-state index contributed by atoms with van der Waals surface area (Å²) in [4.78, 5) is 10.4. The van der Waals surface area contributed by atoms with Crippen molar-refractivity contribution in [2.24, 2.45) is 5.73 Å². The molecule has 80 valence electrons. The lowest BCUT2D eigenvalue weighted by molar-refractivity contribution is -0.132. The number of carbonyl (C=O) groups is 1. The summed E-state index contributed by atoms with van der Waals surface area (Å²) in [7, 11) is 0. The molecule has 0 aliphatic rings. The second kappa shape index (κ2) is 3.79. The Kier molecular flexibility index (Phi) is 2.70. The predicted octanol–water partition coefficient (Wildman–Crippen LogP) is 0.368. The number of aliphatic hydroxyl groups is 1. The van der Waals surface area contributed by atoms with Gasteiger partial charge >= 0.3 is 5.97 Å². The lowest BCUT2D eigenvalue weighted by atomic mass is 10.1. The molecule has 6 nitrogen and oxygen atoms in total. The van der Waals surface area contributed by atoms with E-state index in [1.54, 1.807) is 0 Å². The number of hydrogen-bond donors (Lipinski definition) is 5. The van der Waals surface area contributed by atoms with Crippen molar-refractivity contribution in [1.82, 2.24) is 0 Å². The van der Waals surface area contributed by atoms with Gasteiger partial charge in [-0.3, -0.25) is 0 Å². The molecule has 0 aliphatic heterocycles. The molecular weight excluding hydrogens is 202 g/mol. The minimum atomic E-state index is -1.47. The molecule has 1 aromatic rings. The van der Waals surface area contributed by atoms with Crippen LogP contribution in [0.2, 0.25) is 0 Å². The second-order valence-electron chi connectivity index (χ2n) is 2.77. The van der Waals surface area contributed by atoms with Crippen LogP contribution in [0.1, 0.15) is 5.56 Å². The van der Waals surface area contributed by atoms with E-state index < -0.39 is 23.2 Å². The van der Waals surface area contributed by atoms with Gasteiger partial charge in [-0.1, -0.05) is 0 Å². The van der Waals surface area contributed by atoms with E-state index in [1.165, 1.54) is 6.07 Å². The van der Waals surface area contributed by atoms with E-state index in [-0.39, 0.29) is 11.3 Å². The van der Waals surface area contributed by atoms with Crippen molar-refractivity contribution in [1.29, 1.82) is 0 Å². The van der Waals surface area contributed by atoms with Gasteiger partial charge in [0.1, 0.15) is 0 Å². The van der Waals surface area contributed by atoms with Gasteiger partial charge in [0.2, 0.25) is 0 Å². The van der Waals surface area contributed by atoms with Crippen LogP contribution in [0.5, 0.6) is 11.5 Å². The van der Waals surface area contributed by atoms with Crippen LogP contribution in [-0.2, 0) is 4.79 Å². The summed E-state index contributed by atoms with van der Waals surface area (Å²) in [6.07, 6.45) is 0. The number of phenols is 2. The quantitative estimate of drug-likeness (QED) is 0.273. The maximum absolute atomic E-state index is 10.4. The van der Waals surface area contributed by atoms with Crippen LogP contribution < -0.4 is 5.73 Å². The Labute approximate surface area is 84.5 Å². The molecule has 0 bridgehead atoms. The molecule has 0 atom stereocenters. The lowest BCUT2D eigenvalue weighted by Crippen LogP contribution is -2.12. The first-order chi connectivity index (χ1) is 6.93. The molecule has 1 rings (SSSR count). The van der Waals surface area contributed by atoms with E-state index in [0.29, 0.717) is 0 Å². The van der Waals surface area contributed by atoms with Gasteiger partial charge in [0, 0.05) is 5.56 Å². The van der Waals surface area contributed by atoms with Crippen LogP contribution in [0.15, 0.2) is 23.9 Å². The summed E-state index contributed by atoms with van der Waals surface area (Å²) in [5.41, 5.74) is 4.33. The first-order valence-corrected chi connectivity index (χ1v) is 3.88. The van der Waals surface area contributed by atoms with E-state index in [9.17, 15) is 9.90 Å². The summed E-state index contributed by atoms with van der Waals surface area (Å²) in [5, 5.41) is 35.9. The Morgan fingerprint density at radius 2 is 1.73 bits per heavy atom. The van der Waals surface area contributed by atoms with Crippen LogP contribution in [0, 0.1) is 0 Å². The smallest absolute Gasteiger partial charge is 0.355 e. The van der Waals surface area contributed by atoms with Crippen molar-refractivity contribution in [3.8, 4) is 11.5 Å². The van der Waals surface area contributed by atoms with E-state index >= 15 is 0 Å². The Morgan fingerprint density at radius 3 is 2.20 bits per heavy atom. The van der Waals surface area contributed by atoms with E-state index in [1.807, 2.05) is 0 Å². The number of aromatic hydroxyl groups is 2. The third-order valence-corrected chi connectivity index (χ3v) is 1.73. The molecule has 1 aromatic carbocycles. The summed E-state index contributed by atoms with van der Waals surface area (Å²) >= 11 is 0. The third kappa shape index (κ3) is 2.11. The number of nitrogens with two attached hydrogens (primary N) is 1. The van der Waals surface area contributed by atoms with Gasteiger partial charge in [0.05, 0.1) is 0 Å². The summed E-state index contributed by atoms with van der Waals surface area (Å²) in [5.74, 6) is -2.99. The molecule has 6 N–H and O–H groups in total. The second-order valence-corrected chi connectivity index (χ2v) is 2.77. The Balaban J connectivity index is 3.23. The monoisotopic (exact) mass is 211 g/mol. The predicted molar refractivity (Wildman–Crippen MR) is 51.1 cm³/mol. The largest absolute Gasteiger partial charge is 0.505 e. The molecular formula is C9H9NO5. The molecule has 0 heterocycles. The van der Waals surface area contributed by atoms with Gasteiger partial charge < -0.3 is 26.2 Å². The van der Waals surface area contributed by atoms with E-state index in [4.69, 9.17) is 21.1 Å². The molecule has 15 heavy (non-hydrogen) atoms. The van der Waals surface area contributed by atoms with Gasteiger partial charge in [0.25, 0.3) is 0 Å². The van der Waals surface area contributed by atoms with Crippen molar-refractivity contribution >= 4 is 11.7 Å². The SMILES string of the molecule is N/C(C(=O)O)=C(\O)c1ccc(O)c(O)c1.